The van der Waals surface area contributed by atoms with Gasteiger partial charge >= 0.3 is 0 Å². The maximum atomic E-state index is 12.3. The number of hydrogen-bond donors (Lipinski definition) is 2. The maximum Gasteiger partial charge on any atom is 0.255 e. The predicted molar refractivity (Wildman–Crippen MR) is 102 cm³/mol. The van der Waals surface area contributed by atoms with E-state index in [0.717, 1.165) is 17.1 Å². The van der Waals surface area contributed by atoms with Crippen molar-refractivity contribution in [2.75, 3.05) is 17.2 Å². The molecule has 3 rings (SSSR count). The molecule has 6 heteroatoms. The van der Waals surface area contributed by atoms with Crippen LogP contribution in [0.1, 0.15) is 23.0 Å². The molecule has 1 heterocycles. The lowest BCUT2D eigenvalue weighted by Gasteiger charge is -2.09. The number of aromatic nitrogens is 2. The number of ether oxygens (including phenoxy) is 1. The van der Waals surface area contributed by atoms with Crippen molar-refractivity contribution in [3.05, 3.63) is 71.9 Å². The van der Waals surface area contributed by atoms with Gasteiger partial charge in [-0.2, -0.15) is 5.10 Å². The van der Waals surface area contributed by atoms with Crippen LogP contribution < -0.4 is 15.4 Å². The Morgan fingerprint density at radius 1 is 0.923 bits per heavy atom. The van der Waals surface area contributed by atoms with E-state index in [4.69, 9.17) is 4.74 Å². The molecule has 0 bridgehead atoms. The molecule has 132 valence electrons. The highest BCUT2D eigenvalue weighted by molar-refractivity contribution is 6.04. The third-order valence-corrected chi connectivity index (χ3v) is 3.64. The molecular formula is C20H20N4O2. The summed E-state index contributed by atoms with van der Waals surface area (Å²) in [4.78, 5) is 12.3. The molecule has 26 heavy (non-hydrogen) atoms. The number of carbonyl (C=O) groups is 1. The van der Waals surface area contributed by atoms with Gasteiger partial charge in [0.25, 0.3) is 5.91 Å². The quantitative estimate of drug-likeness (QED) is 0.699. The predicted octanol–water partition coefficient (Wildman–Crippen LogP) is 4.18. The fourth-order valence-electron chi connectivity index (χ4n) is 2.32. The van der Waals surface area contributed by atoms with E-state index in [9.17, 15) is 4.79 Å². The Morgan fingerprint density at radius 3 is 2.23 bits per heavy atom. The van der Waals surface area contributed by atoms with Crippen LogP contribution in [-0.2, 0) is 0 Å². The maximum absolute atomic E-state index is 12.3. The summed E-state index contributed by atoms with van der Waals surface area (Å²) in [5.41, 5.74) is 3.01. The average molecular weight is 348 g/mol. The van der Waals surface area contributed by atoms with Gasteiger partial charge in [0.15, 0.2) is 5.82 Å². The second kappa shape index (κ2) is 8.11. The van der Waals surface area contributed by atoms with Crippen LogP contribution in [0.2, 0.25) is 0 Å². The zero-order valence-corrected chi connectivity index (χ0v) is 14.7. The van der Waals surface area contributed by atoms with E-state index >= 15 is 0 Å². The molecule has 0 radical (unpaired) electrons. The summed E-state index contributed by atoms with van der Waals surface area (Å²) in [6.07, 6.45) is 0. The fourth-order valence-corrected chi connectivity index (χ4v) is 2.32. The SMILES string of the molecule is CCOc1ccc(C(=O)Nc2ccc(Nc3ccc(C)nn3)cc2)cc1. The Labute approximate surface area is 152 Å². The molecule has 0 unspecified atom stereocenters. The van der Waals surface area contributed by atoms with Crippen molar-refractivity contribution in [3.63, 3.8) is 0 Å². The monoisotopic (exact) mass is 348 g/mol. The Bertz CT molecular complexity index is 860. The first kappa shape index (κ1) is 17.4. The Hall–Kier alpha value is -3.41. The topological polar surface area (TPSA) is 76.1 Å². The van der Waals surface area contributed by atoms with Crippen LogP contribution in [0.15, 0.2) is 60.7 Å². The third-order valence-electron chi connectivity index (χ3n) is 3.64. The highest BCUT2D eigenvalue weighted by Gasteiger charge is 2.06. The van der Waals surface area contributed by atoms with Crippen molar-refractivity contribution < 1.29 is 9.53 Å². The molecule has 0 fully saturated rings. The molecule has 0 spiro atoms. The van der Waals surface area contributed by atoms with Gasteiger partial charge in [-0.3, -0.25) is 4.79 Å². The second-order valence-electron chi connectivity index (χ2n) is 5.67. The normalized spacial score (nSPS) is 10.2. The average Bonchev–Trinajstić information content (AvgIpc) is 2.66. The summed E-state index contributed by atoms with van der Waals surface area (Å²) in [6, 6.07) is 18.2. The van der Waals surface area contributed by atoms with E-state index in [2.05, 4.69) is 20.8 Å². The number of nitrogens with zero attached hydrogens (tertiary/aromatic N) is 2. The molecule has 0 aliphatic heterocycles. The largest absolute Gasteiger partial charge is 0.494 e. The molecule has 1 aromatic heterocycles. The van der Waals surface area contributed by atoms with Gasteiger partial charge in [-0.1, -0.05) is 0 Å². The molecule has 0 saturated heterocycles. The van der Waals surface area contributed by atoms with Crippen LogP contribution in [0.3, 0.4) is 0 Å². The van der Waals surface area contributed by atoms with E-state index in [1.54, 1.807) is 24.3 Å². The number of anilines is 3. The molecule has 0 aliphatic rings. The summed E-state index contributed by atoms with van der Waals surface area (Å²) in [5, 5.41) is 14.1. The zero-order chi connectivity index (χ0) is 18.4. The minimum Gasteiger partial charge on any atom is -0.494 e. The molecular weight excluding hydrogens is 328 g/mol. The number of amides is 1. The van der Waals surface area contributed by atoms with E-state index in [1.807, 2.05) is 50.2 Å². The van der Waals surface area contributed by atoms with Crippen molar-refractivity contribution in [2.24, 2.45) is 0 Å². The van der Waals surface area contributed by atoms with Crippen LogP contribution in [0.5, 0.6) is 5.75 Å². The van der Waals surface area contributed by atoms with E-state index in [-0.39, 0.29) is 5.91 Å². The van der Waals surface area contributed by atoms with Crippen LogP contribution in [0, 0.1) is 6.92 Å². The van der Waals surface area contributed by atoms with Crippen molar-refractivity contribution in [1.82, 2.24) is 10.2 Å². The van der Waals surface area contributed by atoms with Gasteiger partial charge < -0.3 is 15.4 Å². The lowest BCUT2D eigenvalue weighted by molar-refractivity contribution is 0.102. The van der Waals surface area contributed by atoms with Crippen LogP contribution in [0.4, 0.5) is 17.2 Å². The first-order chi connectivity index (χ1) is 12.6. The highest BCUT2D eigenvalue weighted by Crippen LogP contribution is 2.18. The minimum atomic E-state index is -0.168. The van der Waals surface area contributed by atoms with Crippen LogP contribution >= 0.6 is 0 Å². The molecule has 1 amide bonds. The first-order valence-corrected chi connectivity index (χ1v) is 8.35. The standard InChI is InChI=1S/C20H20N4O2/c1-3-26-18-11-5-15(6-12-18)20(25)22-17-9-7-16(8-10-17)21-19-13-4-14(2)23-24-19/h4-13H,3H2,1-2H3,(H,21,24)(H,22,25). The zero-order valence-electron chi connectivity index (χ0n) is 14.7. The van der Waals surface area contributed by atoms with Crippen molar-refractivity contribution in [3.8, 4) is 5.75 Å². The van der Waals surface area contributed by atoms with E-state index < -0.39 is 0 Å². The van der Waals surface area contributed by atoms with Gasteiger partial charge in [0.1, 0.15) is 5.75 Å². The number of aryl methyl sites for hydroxylation is 1. The Morgan fingerprint density at radius 2 is 1.62 bits per heavy atom. The van der Waals surface area contributed by atoms with Crippen molar-refractivity contribution in [1.29, 1.82) is 0 Å². The van der Waals surface area contributed by atoms with Crippen molar-refractivity contribution in [2.45, 2.75) is 13.8 Å². The van der Waals surface area contributed by atoms with Gasteiger partial charge in [-0.25, -0.2) is 0 Å². The number of benzene rings is 2. The highest BCUT2D eigenvalue weighted by atomic mass is 16.5. The Balaban J connectivity index is 1.61. The number of rotatable bonds is 6. The van der Waals surface area contributed by atoms with E-state index in [1.165, 1.54) is 0 Å². The van der Waals surface area contributed by atoms with E-state index in [0.29, 0.717) is 23.7 Å². The van der Waals surface area contributed by atoms with Gasteiger partial charge in [-0.15, -0.1) is 5.10 Å². The Kier molecular flexibility index (Phi) is 5.43. The lowest BCUT2D eigenvalue weighted by atomic mass is 10.2. The lowest BCUT2D eigenvalue weighted by Crippen LogP contribution is -2.11. The molecule has 2 aromatic carbocycles. The van der Waals surface area contributed by atoms with Gasteiger partial charge in [0.2, 0.25) is 0 Å². The summed E-state index contributed by atoms with van der Waals surface area (Å²) in [5.74, 6) is 1.25. The summed E-state index contributed by atoms with van der Waals surface area (Å²) >= 11 is 0. The summed E-state index contributed by atoms with van der Waals surface area (Å²) in [6.45, 7) is 4.41. The molecule has 0 aliphatic carbocycles. The second-order valence-corrected chi connectivity index (χ2v) is 5.67. The van der Waals surface area contributed by atoms with Gasteiger partial charge in [-0.05, 0) is 74.5 Å². The van der Waals surface area contributed by atoms with Crippen LogP contribution in [0.25, 0.3) is 0 Å². The summed E-state index contributed by atoms with van der Waals surface area (Å²) in [7, 11) is 0. The first-order valence-electron chi connectivity index (χ1n) is 8.35. The van der Waals surface area contributed by atoms with Crippen LogP contribution in [-0.4, -0.2) is 22.7 Å². The molecule has 2 N–H and O–H groups in total. The number of nitrogens with one attached hydrogen (secondary N) is 2. The summed E-state index contributed by atoms with van der Waals surface area (Å²) < 4.78 is 5.38. The molecule has 0 atom stereocenters. The van der Waals surface area contributed by atoms with Gasteiger partial charge in [0, 0.05) is 16.9 Å². The molecule has 3 aromatic rings. The smallest absolute Gasteiger partial charge is 0.255 e. The fraction of sp³-hybridized carbons (Fsp3) is 0.150. The number of hydrogen-bond acceptors (Lipinski definition) is 5. The molecule has 0 saturated carbocycles. The third kappa shape index (κ3) is 4.57. The number of carbonyl (C=O) groups excluding carboxylic acids is 1. The minimum absolute atomic E-state index is 0.168. The molecule has 6 nitrogen and oxygen atoms in total. The van der Waals surface area contributed by atoms with Gasteiger partial charge in [0.05, 0.1) is 12.3 Å². The van der Waals surface area contributed by atoms with Crippen molar-refractivity contribution >= 4 is 23.1 Å².